The summed E-state index contributed by atoms with van der Waals surface area (Å²) in [6, 6.07) is 10.6. The van der Waals surface area contributed by atoms with Crippen molar-refractivity contribution in [3.8, 4) is 11.5 Å². The summed E-state index contributed by atoms with van der Waals surface area (Å²) in [6.07, 6.45) is -20.1. The molecule has 0 aliphatic carbocycles. The molecule has 17 heteroatoms. The zero-order valence-corrected chi connectivity index (χ0v) is 21.7. The number of nitrogens with one attached hydrogen (secondary N) is 1. The van der Waals surface area contributed by atoms with Crippen molar-refractivity contribution in [2.75, 3.05) is 11.9 Å². The van der Waals surface area contributed by atoms with E-state index in [-0.39, 0.29) is 28.1 Å². The first kappa shape index (κ1) is 34.6. The lowest BCUT2D eigenvalue weighted by Gasteiger charge is -2.28. The van der Waals surface area contributed by atoms with Crippen molar-refractivity contribution >= 4 is 5.69 Å². The van der Waals surface area contributed by atoms with Gasteiger partial charge in [-0.3, -0.25) is 0 Å². The fourth-order valence-electron chi connectivity index (χ4n) is 3.80. The van der Waals surface area contributed by atoms with Gasteiger partial charge in [0, 0.05) is 29.8 Å². The molecular weight excluding hydrogens is 633 g/mol. The van der Waals surface area contributed by atoms with E-state index in [1.165, 1.54) is 30.3 Å². The SMILES string of the molecule is O[C@H](CNc1cccc(OCc2cccc(OC(F)(F)F)c2)c1Cc1cccc(C(F)(F)C(F)(F)C(F)(F)F)c1)C(F)(F)F. The number of alkyl halides is 13. The monoisotopic (exact) mass is 653 g/mol. The average Bonchev–Trinajstić information content (AvgIpc) is 2.89. The smallest absolute Gasteiger partial charge is 0.489 e. The molecule has 3 rings (SSSR count). The quantitative estimate of drug-likeness (QED) is 0.204. The highest BCUT2D eigenvalue weighted by molar-refractivity contribution is 5.59. The van der Waals surface area contributed by atoms with Crippen LogP contribution in [0.4, 0.5) is 62.8 Å². The van der Waals surface area contributed by atoms with Gasteiger partial charge in [-0.2, -0.15) is 43.9 Å². The lowest BCUT2D eigenvalue weighted by Crippen LogP contribution is -2.50. The van der Waals surface area contributed by atoms with Crippen LogP contribution in [0.1, 0.15) is 22.3 Å². The highest BCUT2D eigenvalue weighted by Gasteiger charge is 2.73. The van der Waals surface area contributed by atoms with Crippen LogP contribution in [0.15, 0.2) is 66.7 Å². The summed E-state index contributed by atoms with van der Waals surface area (Å²) in [4.78, 5) is 0. The Morgan fingerprint density at radius 1 is 0.727 bits per heavy atom. The van der Waals surface area contributed by atoms with Crippen LogP contribution < -0.4 is 14.8 Å². The van der Waals surface area contributed by atoms with Crippen molar-refractivity contribution in [1.29, 1.82) is 0 Å². The second-order valence-corrected chi connectivity index (χ2v) is 9.23. The van der Waals surface area contributed by atoms with Gasteiger partial charge < -0.3 is 19.9 Å². The highest BCUT2D eigenvalue weighted by atomic mass is 19.4. The van der Waals surface area contributed by atoms with Crippen LogP contribution in [0.2, 0.25) is 0 Å². The zero-order valence-electron chi connectivity index (χ0n) is 21.7. The molecule has 0 heterocycles. The molecule has 0 bridgehead atoms. The summed E-state index contributed by atoms with van der Waals surface area (Å²) < 4.78 is 180. The predicted molar refractivity (Wildman–Crippen MR) is 129 cm³/mol. The average molecular weight is 653 g/mol. The van der Waals surface area contributed by atoms with Crippen molar-refractivity contribution in [1.82, 2.24) is 0 Å². The molecule has 4 nitrogen and oxygen atoms in total. The Morgan fingerprint density at radius 2 is 1.34 bits per heavy atom. The van der Waals surface area contributed by atoms with Gasteiger partial charge in [0.2, 0.25) is 0 Å². The Kier molecular flexibility index (Phi) is 9.92. The van der Waals surface area contributed by atoms with E-state index >= 15 is 0 Å². The molecule has 242 valence electrons. The molecule has 0 fully saturated rings. The second kappa shape index (κ2) is 12.6. The van der Waals surface area contributed by atoms with E-state index in [0.717, 1.165) is 24.3 Å². The summed E-state index contributed by atoms with van der Waals surface area (Å²) in [5.41, 5.74) is -2.19. The predicted octanol–water partition coefficient (Wildman–Crippen LogP) is 8.38. The van der Waals surface area contributed by atoms with Crippen LogP contribution >= 0.6 is 0 Å². The van der Waals surface area contributed by atoms with Gasteiger partial charge in [-0.15, -0.1) is 13.2 Å². The minimum Gasteiger partial charge on any atom is -0.489 e. The Balaban J connectivity index is 1.98. The van der Waals surface area contributed by atoms with Crippen molar-refractivity contribution < 1.29 is 71.7 Å². The third-order valence-electron chi connectivity index (χ3n) is 5.94. The fraction of sp³-hybridized carbons (Fsp3) is 0.333. The van der Waals surface area contributed by atoms with E-state index in [0.29, 0.717) is 12.1 Å². The summed E-state index contributed by atoms with van der Waals surface area (Å²) in [7, 11) is 0. The number of aliphatic hydroxyl groups excluding tert-OH is 1. The topological polar surface area (TPSA) is 50.7 Å². The molecule has 44 heavy (non-hydrogen) atoms. The number of benzene rings is 3. The van der Waals surface area contributed by atoms with Crippen LogP contribution in [0.5, 0.6) is 11.5 Å². The lowest BCUT2D eigenvalue weighted by molar-refractivity contribution is -0.359. The van der Waals surface area contributed by atoms with Crippen LogP contribution in [-0.4, -0.2) is 42.4 Å². The third kappa shape index (κ3) is 8.39. The maximum Gasteiger partial charge on any atom is 0.573 e. The number of anilines is 1. The molecule has 0 amide bonds. The van der Waals surface area contributed by atoms with E-state index in [1.807, 2.05) is 0 Å². The summed E-state index contributed by atoms with van der Waals surface area (Å²) in [5.74, 6) is -13.0. The van der Waals surface area contributed by atoms with Crippen LogP contribution in [-0.2, 0) is 19.0 Å². The van der Waals surface area contributed by atoms with Crippen molar-refractivity contribution in [3.63, 3.8) is 0 Å². The summed E-state index contributed by atoms with van der Waals surface area (Å²) in [5, 5.41) is 11.7. The van der Waals surface area contributed by atoms with Crippen molar-refractivity contribution in [3.05, 3.63) is 89.0 Å². The molecule has 0 radical (unpaired) electrons. The Labute approximate surface area is 240 Å². The van der Waals surface area contributed by atoms with E-state index in [4.69, 9.17) is 4.74 Å². The second-order valence-electron chi connectivity index (χ2n) is 9.23. The number of aliphatic hydroxyl groups is 1. The number of hydrogen-bond donors (Lipinski definition) is 2. The third-order valence-corrected chi connectivity index (χ3v) is 5.94. The van der Waals surface area contributed by atoms with Crippen LogP contribution in [0, 0.1) is 0 Å². The van der Waals surface area contributed by atoms with Gasteiger partial charge in [-0.1, -0.05) is 36.4 Å². The normalized spacial score (nSPS) is 13.9. The van der Waals surface area contributed by atoms with E-state index < -0.39 is 67.5 Å². The molecule has 0 spiro atoms. The van der Waals surface area contributed by atoms with Gasteiger partial charge in [-0.25, -0.2) is 0 Å². The first-order valence-electron chi connectivity index (χ1n) is 12.1. The molecule has 0 aliphatic heterocycles. The molecule has 2 N–H and O–H groups in total. The Hall–Kier alpha value is -3.89. The summed E-state index contributed by atoms with van der Waals surface area (Å²) in [6.45, 7) is -1.58. The van der Waals surface area contributed by atoms with Crippen molar-refractivity contribution in [2.24, 2.45) is 0 Å². The number of hydrogen-bond acceptors (Lipinski definition) is 4. The van der Waals surface area contributed by atoms with Gasteiger partial charge >= 0.3 is 30.6 Å². The maximum absolute atomic E-state index is 14.4. The van der Waals surface area contributed by atoms with Gasteiger partial charge in [0.1, 0.15) is 18.1 Å². The van der Waals surface area contributed by atoms with Gasteiger partial charge in [0.15, 0.2) is 6.10 Å². The largest absolute Gasteiger partial charge is 0.573 e. The van der Waals surface area contributed by atoms with Gasteiger partial charge in [0.05, 0.1) is 0 Å². The minimum absolute atomic E-state index is 0.111. The van der Waals surface area contributed by atoms with Crippen molar-refractivity contribution in [2.45, 2.75) is 49.7 Å². The van der Waals surface area contributed by atoms with Crippen LogP contribution in [0.25, 0.3) is 0 Å². The molecule has 1 atom stereocenters. The number of rotatable bonds is 11. The molecule has 0 aromatic heterocycles. The number of halogens is 13. The van der Waals surface area contributed by atoms with E-state index in [2.05, 4.69) is 10.1 Å². The number of ether oxygens (including phenoxy) is 2. The molecular formula is C27H20F13NO3. The van der Waals surface area contributed by atoms with Gasteiger partial charge in [0.25, 0.3) is 0 Å². The summed E-state index contributed by atoms with van der Waals surface area (Å²) >= 11 is 0. The maximum atomic E-state index is 14.4. The molecule has 0 aliphatic rings. The molecule has 3 aromatic carbocycles. The van der Waals surface area contributed by atoms with Crippen LogP contribution in [0.3, 0.4) is 0 Å². The minimum atomic E-state index is -6.61. The van der Waals surface area contributed by atoms with E-state index in [1.54, 1.807) is 0 Å². The van der Waals surface area contributed by atoms with E-state index in [9.17, 15) is 62.2 Å². The highest BCUT2D eigenvalue weighted by Crippen LogP contribution is 2.52. The Morgan fingerprint density at radius 3 is 1.95 bits per heavy atom. The molecule has 0 saturated carbocycles. The van der Waals surface area contributed by atoms with Gasteiger partial charge in [-0.05, 0) is 41.5 Å². The zero-order chi connectivity index (χ0) is 33.1. The standard InChI is InChI=1S/C27H20F13NO3/c28-23(29,25(33,34)26(35,36)37)17-6-1-4-15(10-17)12-19-20(41-13-22(42)24(30,31)32)8-3-9-21(19)43-14-16-5-2-7-18(11-16)44-27(38,39)40/h1-11,22,41-42H,12-14H2/t22-/m1/s1. The lowest BCUT2D eigenvalue weighted by atomic mass is 9.96. The molecule has 0 unspecified atom stereocenters. The molecule has 3 aromatic rings. The first-order chi connectivity index (χ1) is 20.1. The fourth-order valence-corrected chi connectivity index (χ4v) is 3.80. The Bertz CT molecular complexity index is 1420. The molecule has 0 saturated heterocycles. The first-order valence-corrected chi connectivity index (χ1v) is 12.1.